The quantitative estimate of drug-likeness (QED) is 0.568. The molecule has 0 aromatic carbocycles. The number of hydrogen-bond acceptors (Lipinski definition) is 7. The largest absolute Gasteiger partial charge is 0.489 e. The summed E-state index contributed by atoms with van der Waals surface area (Å²) in [5.41, 5.74) is 1.03. The van der Waals surface area contributed by atoms with Crippen molar-refractivity contribution in [1.82, 2.24) is 24.6 Å². The van der Waals surface area contributed by atoms with Gasteiger partial charge >= 0.3 is 6.01 Å². The summed E-state index contributed by atoms with van der Waals surface area (Å²) in [5.74, 6) is 1.04. The molecule has 3 aromatic heterocycles. The summed E-state index contributed by atoms with van der Waals surface area (Å²) in [6.07, 6.45) is 5.15. The molecular formula is C23H33N5O3. The van der Waals surface area contributed by atoms with Crippen molar-refractivity contribution in [2.24, 2.45) is 5.41 Å². The minimum Gasteiger partial charge on any atom is -0.489 e. The highest BCUT2D eigenvalue weighted by molar-refractivity contribution is 5.68. The van der Waals surface area contributed by atoms with Crippen LogP contribution in [0.4, 0.5) is 0 Å². The Morgan fingerprint density at radius 2 is 1.58 bits per heavy atom. The van der Waals surface area contributed by atoms with Gasteiger partial charge in [-0.1, -0.05) is 20.8 Å². The molecule has 0 spiro atoms. The van der Waals surface area contributed by atoms with Crippen LogP contribution in [-0.2, 0) is 0 Å². The Bertz CT molecular complexity index is 1060. The molecule has 0 atom stereocenters. The Kier molecular flexibility index (Phi) is 5.86. The number of aromatic nitrogens is 5. The van der Waals surface area contributed by atoms with Crippen LogP contribution in [0.2, 0.25) is 0 Å². The van der Waals surface area contributed by atoms with Crippen LogP contribution < -0.4 is 14.2 Å². The average Bonchev–Trinajstić information content (AvgIpc) is 3.05. The van der Waals surface area contributed by atoms with Crippen LogP contribution in [0.1, 0.15) is 62.3 Å². The minimum atomic E-state index is -0.465. The first-order valence-corrected chi connectivity index (χ1v) is 10.4. The van der Waals surface area contributed by atoms with Crippen molar-refractivity contribution in [3.05, 3.63) is 24.7 Å². The molecule has 8 nitrogen and oxygen atoms in total. The smallest absolute Gasteiger partial charge is 0.320 e. The van der Waals surface area contributed by atoms with Gasteiger partial charge in [0.1, 0.15) is 16.9 Å². The van der Waals surface area contributed by atoms with E-state index in [0.717, 1.165) is 0 Å². The van der Waals surface area contributed by atoms with Crippen LogP contribution in [0.3, 0.4) is 0 Å². The van der Waals surface area contributed by atoms with Gasteiger partial charge in [-0.2, -0.15) is 10.1 Å². The second kappa shape index (κ2) is 7.98. The van der Waals surface area contributed by atoms with Crippen molar-refractivity contribution in [3.63, 3.8) is 0 Å². The maximum atomic E-state index is 6.15. The van der Waals surface area contributed by atoms with Crippen molar-refractivity contribution >= 4 is 5.65 Å². The number of nitrogens with zero attached hydrogens (tertiary/aromatic N) is 5. The molecular weight excluding hydrogens is 394 g/mol. The molecule has 0 amide bonds. The van der Waals surface area contributed by atoms with Crippen molar-refractivity contribution < 1.29 is 14.2 Å². The van der Waals surface area contributed by atoms with E-state index < -0.39 is 11.2 Å². The second-order valence-corrected chi connectivity index (χ2v) is 10.7. The maximum absolute atomic E-state index is 6.15. The molecule has 3 aromatic rings. The third-order valence-corrected chi connectivity index (χ3v) is 3.79. The highest BCUT2D eigenvalue weighted by Crippen LogP contribution is 2.34. The molecule has 8 heteroatoms. The zero-order valence-corrected chi connectivity index (χ0v) is 20.0. The van der Waals surface area contributed by atoms with Crippen LogP contribution in [-0.4, -0.2) is 42.4 Å². The van der Waals surface area contributed by atoms with Gasteiger partial charge in [0.25, 0.3) is 0 Å². The zero-order chi connectivity index (χ0) is 23.0. The Balaban J connectivity index is 2.09. The molecule has 3 rings (SSSR count). The lowest BCUT2D eigenvalue weighted by Crippen LogP contribution is -2.26. The Morgan fingerprint density at radius 3 is 2.19 bits per heavy atom. The first kappa shape index (κ1) is 22.8. The number of ether oxygens (including phenoxy) is 3. The van der Waals surface area contributed by atoms with Crippen LogP contribution in [0, 0.1) is 5.41 Å². The summed E-state index contributed by atoms with van der Waals surface area (Å²) >= 11 is 0. The summed E-state index contributed by atoms with van der Waals surface area (Å²) in [5, 5.41) is 4.68. The van der Waals surface area contributed by atoms with Crippen LogP contribution >= 0.6 is 0 Å². The fraction of sp³-hybridized carbons (Fsp3) is 0.565. The number of fused-ring (bicyclic) bond motifs is 1. The van der Waals surface area contributed by atoms with Crippen molar-refractivity contribution in [1.29, 1.82) is 0 Å². The molecule has 0 saturated carbocycles. The fourth-order valence-corrected chi connectivity index (χ4v) is 2.64. The molecule has 0 aliphatic heterocycles. The van der Waals surface area contributed by atoms with E-state index in [0.29, 0.717) is 35.1 Å². The molecule has 31 heavy (non-hydrogen) atoms. The molecule has 0 radical (unpaired) electrons. The predicted octanol–water partition coefficient (Wildman–Crippen LogP) is 4.97. The van der Waals surface area contributed by atoms with E-state index in [1.165, 1.54) is 0 Å². The SMILES string of the molecule is CC(C)(C)COc1cc(-c2cnc(OC(C)(C)C)nc2OC(C)(C)C)nn2ccnc12. The molecule has 168 valence electrons. The van der Waals surface area contributed by atoms with E-state index in [1.807, 2.05) is 47.6 Å². The molecule has 0 saturated heterocycles. The Labute approximate surface area is 184 Å². The van der Waals surface area contributed by atoms with Crippen molar-refractivity contribution in [2.75, 3.05) is 6.61 Å². The number of imidazole rings is 1. The minimum absolute atomic E-state index is 0.00256. The van der Waals surface area contributed by atoms with E-state index in [1.54, 1.807) is 23.1 Å². The molecule has 0 aliphatic carbocycles. The second-order valence-electron chi connectivity index (χ2n) is 10.7. The molecule has 0 aliphatic rings. The van der Waals surface area contributed by atoms with Gasteiger partial charge in [0.15, 0.2) is 11.4 Å². The van der Waals surface area contributed by atoms with Gasteiger partial charge in [0, 0.05) is 24.7 Å². The third-order valence-electron chi connectivity index (χ3n) is 3.79. The lowest BCUT2D eigenvalue weighted by Gasteiger charge is -2.24. The third kappa shape index (κ3) is 6.29. The zero-order valence-electron chi connectivity index (χ0n) is 20.0. The van der Waals surface area contributed by atoms with E-state index in [-0.39, 0.29) is 11.4 Å². The summed E-state index contributed by atoms with van der Waals surface area (Å²) in [6.45, 7) is 18.6. The highest BCUT2D eigenvalue weighted by Gasteiger charge is 2.23. The van der Waals surface area contributed by atoms with E-state index in [2.05, 4.69) is 40.8 Å². The maximum Gasteiger partial charge on any atom is 0.320 e. The van der Waals surface area contributed by atoms with Crippen LogP contribution in [0.5, 0.6) is 17.6 Å². The van der Waals surface area contributed by atoms with E-state index >= 15 is 0 Å². The molecule has 0 unspecified atom stereocenters. The predicted molar refractivity (Wildman–Crippen MR) is 120 cm³/mol. The van der Waals surface area contributed by atoms with Gasteiger partial charge in [-0.25, -0.2) is 14.5 Å². The van der Waals surface area contributed by atoms with Gasteiger partial charge in [0.2, 0.25) is 5.88 Å². The summed E-state index contributed by atoms with van der Waals surface area (Å²) in [4.78, 5) is 13.3. The number of hydrogen-bond donors (Lipinski definition) is 0. The summed E-state index contributed by atoms with van der Waals surface area (Å²) in [6, 6.07) is 2.11. The van der Waals surface area contributed by atoms with Gasteiger partial charge in [-0.05, 0) is 47.0 Å². The number of rotatable bonds is 5. The standard InChI is InChI=1S/C23H33N5O3/c1-21(2,3)14-29-17-12-16(27-28-11-10-24-18(17)28)15-13-25-20(31-23(7,8)9)26-19(15)30-22(4,5)6/h10-13H,14H2,1-9H3. The first-order valence-electron chi connectivity index (χ1n) is 10.4. The monoisotopic (exact) mass is 427 g/mol. The van der Waals surface area contributed by atoms with Gasteiger partial charge in [0.05, 0.1) is 12.2 Å². The fourth-order valence-electron chi connectivity index (χ4n) is 2.64. The van der Waals surface area contributed by atoms with Gasteiger partial charge in [-0.3, -0.25) is 0 Å². The molecule has 0 fully saturated rings. The summed E-state index contributed by atoms with van der Waals surface area (Å²) in [7, 11) is 0. The van der Waals surface area contributed by atoms with Crippen molar-refractivity contribution in [3.8, 4) is 28.9 Å². The van der Waals surface area contributed by atoms with Crippen LogP contribution in [0.15, 0.2) is 24.7 Å². The lowest BCUT2D eigenvalue weighted by atomic mass is 9.99. The van der Waals surface area contributed by atoms with E-state index in [4.69, 9.17) is 14.2 Å². The lowest BCUT2D eigenvalue weighted by molar-refractivity contribution is 0.103. The topological polar surface area (TPSA) is 83.7 Å². The van der Waals surface area contributed by atoms with E-state index in [9.17, 15) is 0 Å². The molecule has 0 N–H and O–H groups in total. The Morgan fingerprint density at radius 1 is 0.903 bits per heavy atom. The van der Waals surface area contributed by atoms with Gasteiger partial charge < -0.3 is 14.2 Å². The average molecular weight is 428 g/mol. The molecule has 3 heterocycles. The first-order chi connectivity index (χ1) is 14.2. The molecule has 0 bridgehead atoms. The highest BCUT2D eigenvalue weighted by atomic mass is 16.5. The summed E-state index contributed by atoms with van der Waals surface area (Å²) < 4.78 is 19.8. The normalized spacial score (nSPS) is 12.8. The van der Waals surface area contributed by atoms with Gasteiger partial charge in [-0.15, -0.1) is 0 Å². The van der Waals surface area contributed by atoms with Crippen LogP contribution in [0.25, 0.3) is 16.9 Å². The Hall–Kier alpha value is -2.90. The van der Waals surface area contributed by atoms with Crippen molar-refractivity contribution in [2.45, 2.75) is 73.5 Å².